The zero-order chi connectivity index (χ0) is 22.3. The summed E-state index contributed by atoms with van der Waals surface area (Å²) >= 11 is 5.74. The number of fused-ring (bicyclic) bond motifs is 1. The first-order valence-corrected chi connectivity index (χ1v) is 12.9. The van der Waals surface area contributed by atoms with Crippen LogP contribution in [0.15, 0.2) is 24.3 Å². The Kier molecular flexibility index (Phi) is 8.47. The van der Waals surface area contributed by atoms with Crippen molar-refractivity contribution in [3.05, 3.63) is 35.4 Å². The third kappa shape index (κ3) is 6.25. The molecule has 0 unspecified atom stereocenters. The predicted molar refractivity (Wildman–Crippen MR) is 140 cm³/mol. The first-order valence-electron chi connectivity index (χ1n) is 12.4. The van der Waals surface area contributed by atoms with E-state index in [9.17, 15) is 0 Å². The summed E-state index contributed by atoms with van der Waals surface area (Å²) in [7, 11) is 0. The minimum atomic E-state index is 0.902. The van der Waals surface area contributed by atoms with Crippen LogP contribution in [0.3, 0.4) is 0 Å². The topological polar surface area (TPSA) is 34.6 Å². The van der Waals surface area contributed by atoms with Gasteiger partial charge in [-0.05, 0) is 73.5 Å². The first-order chi connectivity index (χ1) is 15.6. The lowest BCUT2D eigenvalue weighted by molar-refractivity contribution is 0.237. The van der Waals surface area contributed by atoms with Crippen LogP contribution in [0.2, 0.25) is 0 Å². The number of thiocarbonyl (C=S) groups is 1. The number of piperazine rings is 2. The summed E-state index contributed by atoms with van der Waals surface area (Å²) in [5.74, 6) is 1.12. The van der Waals surface area contributed by atoms with E-state index in [0.29, 0.717) is 0 Å². The zero-order valence-electron chi connectivity index (χ0n) is 19.9. The fraction of sp³-hybridized carbons (Fsp3) is 0.615. The van der Waals surface area contributed by atoms with E-state index in [1.807, 2.05) is 0 Å². The molecule has 0 radical (unpaired) electrons. The van der Waals surface area contributed by atoms with Crippen LogP contribution in [0.4, 0.5) is 5.82 Å². The molecule has 0 amide bonds. The molecule has 0 bridgehead atoms. The van der Waals surface area contributed by atoms with E-state index in [-0.39, 0.29) is 0 Å². The van der Waals surface area contributed by atoms with Crippen LogP contribution >= 0.6 is 12.2 Å². The molecule has 0 aliphatic carbocycles. The fourth-order valence-electron chi connectivity index (χ4n) is 4.90. The van der Waals surface area contributed by atoms with Gasteiger partial charge in [0.1, 0.15) is 5.82 Å². The van der Waals surface area contributed by atoms with Gasteiger partial charge in [-0.2, -0.15) is 0 Å². The summed E-state index contributed by atoms with van der Waals surface area (Å²) in [6, 6.07) is 8.99. The highest BCUT2D eigenvalue weighted by atomic mass is 32.1. The van der Waals surface area contributed by atoms with Gasteiger partial charge in [-0.25, -0.2) is 4.98 Å². The third-order valence-electron chi connectivity index (χ3n) is 7.00. The monoisotopic (exact) mass is 453 g/mol. The number of likely N-dealkylation sites (N-methyl/N-ethyl adjacent to an activating group) is 1. The maximum Gasteiger partial charge on any atom is 0.129 e. The second-order valence-electron chi connectivity index (χ2n) is 9.33. The molecular formula is C26H39N5S. The Morgan fingerprint density at radius 1 is 1.00 bits per heavy atom. The van der Waals surface area contributed by atoms with E-state index >= 15 is 0 Å². The molecule has 2 aliphatic rings. The predicted octanol–water partition coefficient (Wildman–Crippen LogP) is 3.67. The number of pyridine rings is 1. The molecule has 2 aliphatic heterocycles. The van der Waals surface area contributed by atoms with Crippen molar-refractivity contribution in [2.75, 3.05) is 70.3 Å². The lowest BCUT2D eigenvalue weighted by atomic mass is 10.0. The van der Waals surface area contributed by atoms with E-state index in [2.05, 4.69) is 58.1 Å². The van der Waals surface area contributed by atoms with Crippen LogP contribution in [0.25, 0.3) is 10.9 Å². The maximum absolute atomic E-state index is 5.74. The highest BCUT2D eigenvalue weighted by Gasteiger charge is 2.18. The largest absolute Gasteiger partial charge is 0.354 e. The van der Waals surface area contributed by atoms with Gasteiger partial charge >= 0.3 is 0 Å². The number of aromatic nitrogens is 1. The lowest BCUT2D eigenvalue weighted by Crippen LogP contribution is -2.46. The molecular weight excluding hydrogens is 414 g/mol. The number of rotatable bonds is 9. The average Bonchev–Trinajstić information content (AvgIpc) is 2.83. The Labute approximate surface area is 199 Å². The number of nitrogens with zero attached hydrogens (tertiary/aromatic N) is 4. The number of anilines is 1. The standard InChI is InChI=1S/C26H39N5S/c1-3-29-14-16-31(17-15-29)26-18-21(2)24-20-22(7-8-25(24)28-26)19-23(32)6-4-5-11-30-12-9-27-10-13-30/h7-8,18,20,27H,3-6,9-17,19H2,1-2H3. The quantitative estimate of drug-likeness (QED) is 0.461. The summed E-state index contributed by atoms with van der Waals surface area (Å²) < 4.78 is 0. The number of benzene rings is 1. The second kappa shape index (κ2) is 11.5. The minimum Gasteiger partial charge on any atom is -0.354 e. The van der Waals surface area contributed by atoms with Crippen LogP contribution in [0, 0.1) is 6.92 Å². The maximum atomic E-state index is 5.74. The summed E-state index contributed by atoms with van der Waals surface area (Å²) in [5, 5.41) is 4.68. The molecule has 174 valence electrons. The Morgan fingerprint density at radius 3 is 2.53 bits per heavy atom. The van der Waals surface area contributed by atoms with Crippen molar-refractivity contribution in [1.29, 1.82) is 0 Å². The van der Waals surface area contributed by atoms with E-state index in [1.54, 1.807) is 0 Å². The van der Waals surface area contributed by atoms with Crippen LogP contribution in [-0.4, -0.2) is 85.1 Å². The summed E-state index contributed by atoms with van der Waals surface area (Å²) in [4.78, 5) is 13.7. The highest BCUT2D eigenvalue weighted by molar-refractivity contribution is 7.80. The van der Waals surface area contributed by atoms with Crippen molar-refractivity contribution in [3.63, 3.8) is 0 Å². The van der Waals surface area contributed by atoms with Crippen molar-refractivity contribution in [3.8, 4) is 0 Å². The average molecular weight is 454 g/mol. The third-order valence-corrected chi connectivity index (χ3v) is 7.35. The van der Waals surface area contributed by atoms with Crippen molar-refractivity contribution in [2.24, 2.45) is 0 Å². The molecule has 0 atom stereocenters. The fourth-order valence-corrected chi connectivity index (χ4v) is 5.21. The normalized spacial score (nSPS) is 18.4. The molecule has 1 N–H and O–H groups in total. The van der Waals surface area contributed by atoms with Gasteiger partial charge in [0.15, 0.2) is 0 Å². The first kappa shape index (κ1) is 23.6. The van der Waals surface area contributed by atoms with E-state index < -0.39 is 0 Å². The Hall–Kier alpha value is -1.60. The zero-order valence-corrected chi connectivity index (χ0v) is 20.7. The van der Waals surface area contributed by atoms with Crippen molar-refractivity contribution >= 4 is 33.8 Å². The van der Waals surface area contributed by atoms with E-state index in [1.165, 1.54) is 53.9 Å². The Bertz CT molecular complexity index is 900. The highest BCUT2D eigenvalue weighted by Crippen LogP contribution is 2.25. The van der Waals surface area contributed by atoms with Gasteiger partial charge in [0.05, 0.1) is 5.52 Å². The van der Waals surface area contributed by atoms with Crippen molar-refractivity contribution in [1.82, 2.24) is 20.1 Å². The van der Waals surface area contributed by atoms with E-state index in [4.69, 9.17) is 17.2 Å². The lowest BCUT2D eigenvalue weighted by Gasteiger charge is -2.35. The molecule has 1 aromatic heterocycles. The number of hydrogen-bond donors (Lipinski definition) is 1. The van der Waals surface area contributed by atoms with Gasteiger partial charge in [-0.15, -0.1) is 0 Å². The Morgan fingerprint density at radius 2 is 1.78 bits per heavy atom. The van der Waals surface area contributed by atoms with Crippen molar-refractivity contribution in [2.45, 2.75) is 39.5 Å². The molecule has 4 rings (SSSR count). The van der Waals surface area contributed by atoms with Crippen LogP contribution < -0.4 is 10.2 Å². The Balaban J connectivity index is 1.31. The molecule has 2 saturated heterocycles. The molecule has 32 heavy (non-hydrogen) atoms. The number of nitrogens with one attached hydrogen (secondary N) is 1. The molecule has 1 aromatic carbocycles. The SMILES string of the molecule is CCN1CCN(c2cc(C)c3cc(CC(=S)CCCCN4CCNCC4)ccc3n2)CC1. The summed E-state index contributed by atoms with van der Waals surface area (Å²) in [6.45, 7) is 15.8. The van der Waals surface area contributed by atoms with Gasteiger partial charge in [0.2, 0.25) is 0 Å². The van der Waals surface area contributed by atoms with Crippen LogP contribution in [-0.2, 0) is 6.42 Å². The molecule has 2 aromatic rings. The van der Waals surface area contributed by atoms with Gasteiger partial charge in [0, 0.05) is 64.2 Å². The summed E-state index contributed by atoms with van der Waals surface area (Å²) in [6.07, 6.45) is 4.40. The number of aryl methyl sites for hydroxylation is 1. The van der Waals surface area contributed by atoms with Crippen molar-refractivity contribution < 1.29 is 0 Å². The molecule has 5 nitrogen and oxygen atoms in total. The molecule has 3 heterocycles. The minimum absolute atomic E-state index is 0.902. The van der Waals surface area contributed by atoms with Gasteiger partial charge in [-0.1, -0.05) is 25.2 Å². The molecule has 6 heteroatoms. The smallest absolute Gasteiger partial charge is 0.129 e. The van der Waals surface area contributed by atoms with Crippen LogP contribution in [0.5, 0.6) is 0 Å². The number of unbranched alkanes of at least 4 members (excludes halogenated alkanes) is 1. The second-order valence-corrected chi connectivity index (χ2v) is 9.91. The van der Waals surface area contributed by atoms with Crippen LogP contribution in [0.1, 0.15) is 37.3 Å². The van der Waals surface area contributed by atoms with E-state index in [0.717, 1.165) is 70.0 Å². The summed E-state index contributed by atoms with van der Waals surface area (Å²) in [5.41, 5.74) is 3.73. The van der Waals surface area contributed by atoms with Gasteiger partial charge < -0.3 is 20.0 Å². The molecule has 2 fully saturated rings. The molecule has 0 spiro atoms. The molecule has 0 saturated carbocycles. The van der Waals surface area contributed by atoms with Gasteiger partial charge in [-0.3, -0.25) is 0 Å². The number of hydrogen-bond acceptors (Lipinski definition) is 6. The van der Waals surface area contributed by atoms with Gasteiger partial charge in [0.25, 0.3) is 0 Å².